The quantitative estimate of drug-likeness (QED) is 0.623. The van der Waals surface area contributed by atoms with Gasteiger partial charge in [-0.25, -0.2) is 0 Å². The van der Waals surface area contributed by atoms with Crippen molar-refractivity contribution >= 4 is 0 Å². The number of nitrogens with two attached hydrogens (primary N) is 1. The van der Waals surface area contributed by atoms with Gasteiger partial charge in [-0.3, -0.25) is 0 Å². The molecule has 66 valence electrons. The van der Waals surface area contributed by atoms with Gasteiger partial charge in [-0.1, -0.05) is 12.1 Å². The molecule has 0 heterocycles. The second-order valence-corrected chi connectivity index (χ2v) is 2.69. The number of benzene rings is 1. The van der Waals surface area contributed by atoms with Gasteiger partial charge in [0.1, 0.15) is 5.75 Å². The van der Waals surface area contributed by atoms with Crippen LogP contribution in [-0.2, 0) is 0 Å². The van der Waals surface area contributed by atoms with E-state index in [1.807, 2.05) is 0 Å². The van der Waals surface area contributed by atoms with Crippen LogP contribution in [0.15, 0.2) is 24.3 Å². The lowest BCUT2D eigenvalue weighted by Crippen LogP contribution is -2.06. The molecule has 1 aromatic rings. The van der Waals surface area contributed by atoms with Crippen molar-refractivity contribution in [1.29, 1.82) is 0 Å². The van der Waals surface area contributed by atoms with Gasteiger partial charge in [-0.15, -0.1) is 0 Å². The summed E-state index contributed by atoms with van der Waals surface area (Å²) in [5.41, 5.74) is 5.99. The first-order valence-electron chi connectivity index (χ1n) is 3.91. The van der Waals surface area contributed by atoms with E-state index < -0.39 is 6.10 Å². The van der Waals surface area contributed by atoms with Crippen molar-refractivity contribution < 1.29 is 10.2 Å². The van der Waals surface area contributed by atoms with Crippen LogP contribution in [0.1, 0.15) is 18.1 Å². The van der Waals surface area contributed by atoms with E-state index in [9.17, 15) is 5.11 Å². The molecule has 0 aliphatic heterocycles. The van der Waals surface area contributed by atoms with Crippen molar-refractivity contribution in [1.82, 2.24) is 0 Å². The number of rotatable bonds is 3. The zero-order valence-corrected chi connectivity index (χ0v) is 6.77. The maximum Gasteiger partial charge on any atom is 0.115 e. The van der Waals surface area contributed by atoms with Crippen LogP contribution in [0.25, 0.3) is 0 Å². The first-order chi connectivity index (χ1) is 5.74. The smallest absolute Gasteiger partial charge is 0.115 e. The SMILES string of the molecule is NCCC(O)c1cccc(O)c1. The molecule has 3 heteroatoms. The normalized spacial score (nSPS) is 12.8. The fourth-order valence-corrected chi connectivity index (χ4v) is 1.06. The summed E-state index contributed by atoms with van der Waals surface area (Å²) >= 11 is 0. The molecule has 0 saturated heterocycles. The van der Waals surface area contributed by atoms with Crippen LogP contribution in [0.4, 0.5) is 0 Å². The van der Waals surface area contributed by atoms with E-state index in [1.165, 1.54) is 0 Å². The van der Waals surface area contributed by atoms with Crippen LogP contribution < -0.4 is 5.73 Å². The van der Waals surface area contributed by atoms with Gasteiger partial charge >= 0.3 is 0 Å². The Hall–Kier alpha value is -1.06. The maximum atomic E-state index is 9.45. The van der Waals surface area contributed by atoms with E-state index in [1.54, 1.807) is 24.3 Å². The van der Waals surface area contributed by atoms with Gasteiger partial charge < -0.3 is 15.9 Å². The van der Waals surface area contributed by atoms with Gasteiger partial charge in [0.25, 0.3) is 0 Å². The van der Waals surface area contributed by atoms with Gasteiger partial charge in [0.05, 0.1) is 6.10 Å². The highest BCUT2D eigenvalue weighted by atomic mass is 16.3. The fraction of sp³-hybridized carbons (Fsp3) is 0.333. The first-order valence-corrected chi connectivity index (χ1v) is 3.91. The molecule has 1 rings (SSSR count). The molecule has 0 aromatic heterocycles. The number of phenols is 1. The zero-order valence-electron chi connectivity index (χ0n) is 6.77. The third-order valence-corrected chi connectivity index (χ3v) is 1.70. The third kappa shape index (κ3) is 2.22. The van der Waals surface area contributed by atoms with E-state index in [4.69, 9.17) is 10.8 Å². The number of phenolic OH excluding ortho intramolecular Hbond substituents is 1. The molecule has 3 nitrogen and oxygen atoms in total. The monoisotopic (exact) mass is 167 g/mol. The molecule has 0 radical (unpaired) electrons. The minimum atomic E-state index is -0.568. The van der Waals surface area contributed by atoms with Crippen LogP contribution in [0.2, 0.25) is 0 Å². The van der Waals surface area contributed by atoms with Crippen LogP contribution in [0.3, 0.4) is 0 Å². The molecule has 0 aliphatic rings. The predicted molar refractivity (Wildman–Crippen MR) is 46.7 cm³/mol. The molecular weight excluding hydrogens is 154 g/mol. The zero-order chi connectivity index (χ0) is 8.97. The Bertz CT molecular complexity index is 250. The van der Waals surface area contributed by atoms with E-state index in [-0.39, 0.29) is 5.75 Å². The Morgan fingerprint density at radius 3 is 2.75 bits per heavy atom. The lowest BCUT2D eigenvalue weighted by molar-refractivity contribution is 0.170. The average molecular weight is 167 g/mol. The summed E-state index contributed by atoms with van der Waals surface area (Å²) in [4.78, 5) is 0. The van der Waals surface area contributed by atoms with E-state index in [2.05, 4.69) is 0 Å². The van der Waals surface area contributed by atoms with Crippen LogP contribution in [-0.4, -0.2) is 16.8 Å². The summed E-state index contributed by atoms with van der Waals surface area (Å²) in [5.74, 6) is 0.170. The fourth-order valence-electron chi connectivity index (χ4n) is 1.06. The molecule has 0 fully saturated rings. The van der Waals surface area contributed by atoms with Gasteiger partial charge in [-0.2, -0.15) is 0 Å². The molecule has 1 unspecified atom stereocenters. The summed E-state index contributed by atoms with van der Waals surface area (Å²) in [5, 5.41) is 18.5. The van der Waals surface area contributed by atoms with Gasteiger partial charge in [0.15, 0.2) is 0 Å². The highest BCUT2D eigenvalue weighted by Crippen LogP contribution is 2.19. The Kier molecular flexibility index (Phi) is 3.08. The lowest BCUT2D eigenvalue weighted by atomic mass is 10.1. The van der Waals surface area contributed by atoms with E-state index in [0.29, 0.717) is 18.5 Å². The Morgan fingerprint density at radius 1 is 1.42 bits per heavy atom. The Balaban J connectivity index is 2.73. The summed E-state index contributed by atoms with van der Waals surface area (Å²) in [6.07, 6.45) is -0.0502. The molecule has 4 N–H and O–H groups in total. The van der Waals surface area contributed by atoms with Crippen molar-refractivity contribution in [2.75, 3.05) is 6.54 Å². The van der Waals surface area contributed by atoms with Crippen molar-refractivity contribution in [3.8, 4) is 5.75 Å². The molecule has 0 bridgehead atoms. The first kappa shape index (κ1) is 9.03. The lowest BCUT2D eigenvalue weighted by Gasteiger charge is -2.08. The van der Waals surface area contributed by atoms with E-state index >= 15 is 0 Å². The Labute approximate surface area is 71.5 Å². The second kappa shape index (κ2) is 4.09. The third-order valence-electron chi connectivity index (χ3n) is 1.70. The predicted octanol–water partition coefficient (Wildman–Crippen LogP) is 0.774. The van der Waals surface area contributed by atoms with Crippen LogP contribution in [0, 0.1) is 0 Å². The van der Waals surface area contributed by atoms with Gasteiger partial charge in [0.2, 0.25) is 0 Å². The number of hydrogen-bond donors (Lipinski definition) is 3. The summed E-state index contributed by atoms with van der Waals surface area (Å²) in [6.45, 7) is 0.441. The second-order valence-electron chi connectivity index (χ2n) is 2.69. The van der Waals surface area contributed by atoms with Crippen molar-refractivity contribution in [2.45, 2.75) is 12.5 Å². The van der Waals surface area contributed by atoms with Crippen LogP contribution >= 0.6 is 0 Å². The largest absolute Gasteiger partial charge is 0.508 e. The topological polar surface area (TPSA) is 66.5 Å². The van der Waals surface area contributed by atoms with Crippen molar-refractivity contribution in [3.63, 3.8) is 0 Å². The minimum absolute atomic E-state index is 0.170. The maximum absolute atomic E-state index is 9.45. The summed E-state index contributed by atoms with van der Waals surface area (Å²) in [7, 11) is 0. The van der Waals surface area contributed by atoms with Gasteiger partial charge in [-0.05, 0) is 30.7 Å². The molecule has 12 heavy (non-hydrogen) atoms. The highest BCUT2D eigenvalue weighted by Gasteiger charge is 2.05. The Morgan fingerprint density at radius 2 is 2.17 bits per heavy atom. The molecule has 1 atom stereocenters. The molecule has 0 amide bonds. The van der Waals surface area contributed by atoms with Crippen molar-refractivity contribution in [2.24, 2.45) is 5.73 Å². The number of aliphatic hydroxyl groups excluding tert-OH is 1. The van der Waals surface area contributed by atoms with Crippen LogP contribution in [0.5, 0.6) is 5.75 Å². The number of aromatic hydroxyl groups is 1. The molecular formula is C9H13NO2. The average Bonchev–Trinajstić information content (AvgIpc) is 2.05. The molecule has 0 saturated carbocycles. The minimum Gasteiger partial charge on any atom is -0.508 e. The number of hydrogen-bond acceptors (Lipinski definition) is 3. The molecule has 0 spiro atoms. The summed E-state index contributed by atoms with van der Waals surface area (Å²) in [6, 6.07) is 6.57. The summed E-state index contributed by atoms with van der Waals surface area (Å²) < 4.78 is 0. The standard InChI is InChI=1S/C9H13NO2/c10-5-4-9(12)7-2-1-3-8(11)6-7/h1-3,6,9,11-12H,4-5,10H2. The van der Waals surface area contributed by atoms with Gasteiger partial charge in [0, 0.05) is 0 Å². The molecule has 1 aromatic carbocycles. The highest BCUT2D eigenvalue weighted by molar-refractivity contribution is 5.28. The van der Waals surface area contributed by atoms with E-state index in [0.717, 1.165) is 0 Å². The number of aliphatic hydroxyl groups is 1. The van der Waals surface area contributed by atoms with Crippen molar-refractivity contribution in [3.05, 3.63) is 29.8 Å². The molecule has 0 aliphatic carbocycles.